The van der Waals surface area contributed by atoms with E-state index in [-0.39, 0.29) is 32.4 Å². The van der Waals surface area contributed by atoms with Crippen LogP contribution in [0.4, 0.5) is 0 Å². The first-order valence-electron chi connectivity index (χ1n) is 17.7. The van der Waals surface area contributed by atoms with Gasteiger partial charge >= 0.3 is 21.1 Å². The molecule has 6 heteroatoms. The van der Waals surface area contributed by atoms with Gasteiger partial charge in [0.25, 0.3) is 0 Å². The topological polar surface area (TPSA) is 44.9 Å². The van der Waals surface area contributed by atoms with E-state index in [1.54, 1.807) is 0 Å². The van der Waals surface area contributed by atoms with Crippen LogP contribution in [0.5, 0.6) is 11.5 Å². The number of para-hydroxylation sites is 1. The van der Waals surface area contributed by atoms with Gasteiger partial charge in [0.1, 0.15) is 5.82 Å². The van der Waals surface area contributed by atoms with Crippen molar-refractivity contribution in [3.63, 3.8) is 0 Å². The molecule has 262 valence electrons. The molecule has 0 bridgehead atoms. The average Bonchev–Trinajstić information content (AvgIpc) is 3.71. The average molecular weight is 854 g/mol. The Morgan fingerprint density at radius 2 is 1.45 bits per heavy atom. The summed E-state index contributed by atoms with van der Waals surface area (Å²) in [6.07, 6.45) is 6.01. The number of pyridine rings is 1. The van der Waals surface area contributed by atoms with Crippen molar-refractivity contribution in [3.8, 4) is 34.1 Å². The minimum absolute atomic E-state index is 0. The van der Waals surface area contributed by atoms with Crippen LogP contribution in [0.3, 0.4) is 0 Å². The SMILES string of the molecule is CC(C)c1cc(Oc2[c-]c3c(cc2)c2ccccc2n3-c2cc(C(C)(C)C)ccn2)[c-]c(-n2cc(-c3c(C(C)C)cccc3C(C)C)cn2)c1.[Pt+2]. The van der Waals surface area contributed by atoms with Crippen LogP contribution in [0.1, 0.15) is 102 Å². The fourth-order valence-corrected chi connectivity index (χ4v) is 6.83. The summed E-state index contributed by atoms with van der Waals surface area (Å²) in [5.41, 5.74) is 10.3. The quantitative estimate of drug-likeness (QED) is 0.143. The van der Waals surface area contributed by atoms with E-state index in [1.807, 2.05) is 23.1 Å². The molecule has 0 N–H and O–H groups in total. The van der Waals surface area contributed by atoms with Crippen LogP contribution in [0, 0.1) is 12.1 Å². The van der Waals surface area contributed by atoms with Crippen molar-refractivity contribution in [1.82, 2.24) is 19.3 Å². The van der Waals surface area contributed by atoms with E-state index >= 15 is 0 Å². The summed E-state index contributed by atoms with van der Waals surface area (Å²) in [6, 6.07) is 34.9. The van der Waals surface area contributed by atoms with Crippen LogP contribution in [0.25, 0.3) is 44.4 Å². The molecule has 7 aromatic rings. The van der Waals surface area contributed by atoms with Crippen molar-refractivity contribution in [1.29, 1.82) is 0 Å². The third kappa shape index (κ3) is 7.06. The zero-order chi connectivity index (χ0) is 35.3. The van der Waals surface area contributed by atoms with Crippen LogP contribution in [0.2, 0.25) is 0 Å². The Bertz CT molecular complexity index is 2310. The molecule has 0 spiro atoms. The first-order valence-corrected chi connectivity index (χ1v) is 17.7. The van der Waals surface area contributed by atoms with E-state index in [1.165, 1.54) is 22.3 Å². The summed E-state index contributed by atoms with van der Waals surface area (Å²) < 4.78 is 10.7. The number of rotatable bonds is 8. The molecule has 0 aliphatic rings. The van der Waals surface area contributed by atoms with Crippen molar-refractivity contribution < 1.29 is 25.8 Å². The number of nitrogens with zero attached hydrogens (tertiary/aromatic N) is 4. The second kappa shape index (κ2) is 14.3. The Morgan fingerprint density at radius 3 is 2.14 bits per heavy atom. The Labute approximate surface area is 317 Å². The molecular weight excluding hydrogens is 808 g/mol. The summed E-state index contributed by atoms with van der Waals surface area (Å²) in [7, 11) is 0. The number of fused-ring (bicyclic) bond motifs is 3. The fourth-order valence-electron chi connectivity index (χ4n) is 6.83. The Morgan fingerprint density at radius 1 is 0.725 bits per heavy atom. The Hall–Kier alpha value is -4.47. The van der Waals surface area contributed by atoms with Crippen molar-refractivity contribution in [2.45, 2.75) is 85.5 Å². The zero-order valence-corrected chi connectivity index (χ0v) is 33.3. The molecule has 0 fully saturated rings. The van der Waals surface area contributed by atoms with Gasteiger partial charge < -0.3 is 9.30 Å². The van der Waals surface area contributed by atoms with Gasteiger partial charge in [-0.1, -0.05) is 104 Å². The summed E-state index contributed by atoms with van der Waals surface area (Å²) in [5, 5.41) is 7.11. The van der Waals surface area contributed by atoms with Crippen LogP contribution in [0.15, 0.2) is 97.5 Å². The van der Waals surface area contributed by atoms with Crippen molar-refractivity contribution in [2.24, 2.45) is 0 Å². The van der Waals surface area contributed by atoms with Crippen LogP contribution in [-0.4, -0.2) is 19.3 Å². The van der Waals surface area contributed by atoms with Gasteiger partial charge in [0.2, 0.25) is 0 Å². The smallest absolute Gasteiger partial charge is 0.509 e. The molecule has 4 aromatic carbocycles. The fraction of sp³-hybridized carbons (Fsp3) is 0.289. The van der Waals surface area contributed by atoms with Gasteiger partial charge in [0.05, 0.1) is 6.20 Å². The molecule has 0 saturated carbocycles. The first-order chi connectivity index (χ1) is 23.9. The molecule has 7 rings (SSSR count). The van der Waals surface area contributed by atoms with Crippen molar-refractivity contribution >= 4 is 21.8 Å². The van der Waals surface area contributed by atoms with Gasteiger partial charge in [-0.05, 0) is 74.7 Å². The molecule has 0 saturated heterocycles. The number of ether oxygens (including phenoxy) is 1. The van der Waals surface area contributed by atoms with Crippen LogP contribution >= 0.6 is 0 Å². The maximum atomic E-state index is 6.61. The molecule has 3 aromatic heterocycles. The third-order valence-corrected chi connectivity index (χ3v) is 9.63. The molecule has 0 amide bonds. The van der Waals surface area contributed by atoms with Gasteiger partial charge in [0, 0.05) is 35.0 Å². The molecule has 0 radical (unpaired) electrons. The molecule has 51 heavy (non-hydrogen) atoms. The monoisotopic (exact) mass is 853 g/mol. The summed E-state index contributed by atoms with van der Waals surface area (Å²) in [6.45, 7) is 20.1. The Kier molecular flexibility index (Phi) is 10.2. The summed E-state index contributed by atoms with van der Waals surface area (Å²) >= 11 is 0. The minimum atomic E-state index is -0.00667. The van der Waals surface area contributed by atoms with Gasteiger partial charge in [0.15, 0.2) is 0 Å². The predicted molar refractivity (Wildman–Crippen MR) is 206 cm³/mol. The molecular formula is C45H46N4OPt. The summed E-state index contributed by atoms with van der Waals surface area (Å²) in [5.74, 6) is 3.18. The third-order valence-electron chi connectivity index (χ3n) is 9.63. The maximum absolute atomic E-state index is 6.61. The van der Waals surface area contributed by atoms with Crippen molar-refractivity contribution in [3.05, 3.63) is 132 Å². The molecule has 5 nitrogen and oxygen atoms in total. The van der Waals surface area contributed by atoms with E-state index in [0.717, 1.165) is 44.4 Å². The number of hydrogen-bond donors (Lipinski definition) is 0. The number of hydrogen-bond acceptors (Lipinski definition) is 3. The normalized spacial score (nSPS) is 12.0. The first kappa shape index (κ1) is 36.3. The predicted octanol–water partition coefficient (Wildman–Crippen LogP) is 12.1. The van der Waals surface area contributed by atoms with Gasteiger partial charge in [-0.3, -0.25) is 4.68 Å². The molecule has 3 heterocycles. The largest absolute Gasteiger partial charge is 2.00 e. The molecule has 0 aliphatic carbocycles. The van der Waals surface area contributed by atoms with E-state index in [2.05, 4.69) is 158 Å². The van der Waals surface area contributed by atoms with E-state index in [9.17, 15) is 0 Å². The van der Waals surface area contributed by atoms with E-state index in [4.69, 9.17) is 14.8 Å². The Balaban J connectivity index is 0.00000448. The minimum Gasteiger partial charge on any atom is -0.509 e. The maximum Gasteiger partial charge on any atom is 2.00 e. The number of benzene rings is 4. The van der Waals surface area contributed by atoms with Crippen LogP contribution in [-0.2, 0) is 26.5 Å². The van der Waals surface area contributed by atoms with E-state index < -0.39 is 0 Å². The molecule has 0 unspecified atom stereocenters. The van der Waals surface area contributed by atoms with Crippen LogP contribution < -0.4 is 4.74 Å². The molecule has 0 aliphatic heterocycles. The van der Waals surface area contributed by atoms with Gasteiger partial charge in [-0.15, -0.1) is 41.3 Å². The van der Waals surface area contributed by atoms with Gasteiger partial charge in [-0.2, -0.15) is 11.2 Å². The van der Waals surface area contributed by atoms with Crippen molar-refractivity contribution in [2.75, 3.05) is 0 Å². The zero-order valence-electron chi connectivity index (χ0n) is 31.0. The standard InChI is InChI=1S/C45H46N4O.Pt/c1-28(2)31-21-34(48-27-32(26-47-48)44-37(29(3)4)14-12-15-38(44)30(5)6)24-36(22-31)50-35-17-18-40-39-13-10-11-16-41(39)49(42(40)25-35)43-23-33(19-20-46-43)45(7,8)9;/h10-23,26-30H,1-9H3;/q-2;+2. The van der Waals surface area contributed by atoms with Gasteiger partial charge in [-0.25, -0.2) is 4.98 Å². The number of aromatic nitrogens is 4. The second-order valence-corrected chi connectivity index (χ2v) is 15.3. The summed E-state index contributed by atoms with van der Waals surface area (Å²) in [4.78, 5) is 4.83. The van der Waals surface area contributed by atoms with E-state index in [0.29, 0.717) is 23.3 Å². The second-order valence-electron chi connectivity index (χ2n) is 15.3. The molecule has 0 atom stereocenters.